The number of carbonyl (C=O) groups is 2. The first-order valence-electron chi connectivity index (χ1n) is 8.88. The van der Waals surface area contributed by atoms with E-state index in [1.54, 1.807) is 0 Å². The summed E-state index contributed by atoms with van der Waals surface area (Å²) in [6, 6.07) is 8.56. The minimum absolute atomic E-state index is 0.113. The number of ether oxygens (including phenoxy) is 1. The fraction of sp³-hybridized carbons (Fsp3) is 0.429. The Kier molecular flexibility index (Phi) is 2.91. The third-order valence-electron chi connectivity index (χ3n) is 6.44. The summed E-state index contributed by atoms with van der Waals surface area (Å²) in [5, 5.41) is 0. The Morgan fingerprint density at radius 2 is 1.79 bits per heavy atom. The molecule has 122 valence electrons. The zero-order valence-electron chi connectivity index (χ0n) is 13.7. The van der Waals surface area contributed by atoms with Crippen LogP contribution in [0.1, 0.15) is 30.9 Å². The molecule has 1 saturated heterocycles. The van der Waals surface area contributed by atoms with Gasteiger partial charge in [-0.15, -0.1) is 0 Å². The van der Waals surface area contributed by atoms with E-state index < -0.39 is 0 Å². The van der Waals surface area contributed by atoms with Gasteiger partial charge in [-0.05, 0) is 47.8 Å². The Hall–Kier alpha value is -2.16. The predicted molar refractivity (Wildman–Crippen MR) is 89.7 cm³/mol. The lowest BCUT2D eigenvalue weighted by Crippen LogP contribution is -2.43. The minimum atomic E-state index is -0.299. The molecule has 3 aliphatic carbocycles. The number of fused-ring (bicyclic) bond motifs is 7. The maximum atomic E-state index is 12.5. The van der Waals surface area contributed by atoms with E-state index in [0.29, 0.717) is 5.92 Å². The van der Waals surface area contributed by atoms with Gasteiger partial charge in [0, 0.05) is 5.92 Å². The lowest BCUT2D eigenvalue weighted by molar-refractivity contribution is -0.154. The molecule has 24 heavy (non-hydrogen) atoms. The van der Waals surface area contributed by atoms with E-state index in [0.717, 1.165) is 19.3 Å². The first-order chi connectivity index (χ1) is 11.7. The molecule has 0 saturated carbocycles. The van der Waals surface area contributed by atoms with Gasteiger partial charge in [-0.25, -0.2) is 0 Å². The van der Waals surface area contributed by atoms with Crippen LogP contribution in [0.2, 0.25) is 0 Å². The van der Waals surface area contributed by atoms with Crippen molar-refractivity contribution < 1.29 is 14.3 Å². The number of cyclic esters (lactones) is 2. The van der Waals surface area contributed by atoms with Crippen LogP contribution in [0.3, 0.4) is 0 Å². The van der Waals surface area contributed by atoms with Crippen LogP contribution in [0, 0.1) is 29.6 Å². The topological polar surface area (TPSA) is 43.4 Å². The Labute approximate surface area is 141 Å². The minimum Gasteiger partial charge on any atom is -0.393 e. The average Bonchev–Trinajstić information content (AvgIpc) is 2.89. The summed E-state index contributed by atoms with van der Waals surface area (Å²) in [6.45, 7) is 2.22. The molecular weight excluding hydrogens is 300 g/mol. The molecule has 1 aromatic carbocycles. The third-order valence-corrected chi connectivity index (χ3v) is 6.44. The van der Waals surface area contributed by atoms with Gasteiger partial charge in [0.2, 0.25) is 0 Å². The number of hydrogen-bond donors (Lipinski definition) is 0. The highest BCUT2D eigenvalue weighted by Crippen LogP contribution is 2.57. The molecule has 0 bridgehead atoms. The fourth-order valence-electron chi connectivity index (χ4n) is 5.55. The van der Waals surface area contributed by atoms with Crippen molar-refractivity contribution in [1.82, 2.24) is 0 Å². The highest BCUT2D eigenvalue weighted by atomic mass is 16.6. The van der Waals surface area contributed by atoms with Crippen molar-refractivity contribution >= 4 is 17.5 Å². The van der Waals surface area contributed by atoms with Crippen LogP contribution in [0.15, 0.2) is 42.0 Å². The number of esters is 2. The van der Waals surface area contributed by atoms with Gasteiger partial charge in [0.15, 0.2) is 0 Å². The molecule has 0 spiro atoms. The predicted octanol–water partition coefficient (Wildman–Crippen LogP) is 3.54. The number of allylic oxidation sites excluding steroid dienone is 4. The fourth-order valence-corrected chi connectivity index (χ4v) is 5.55. The van der Waals surface area contributed by atoms with Crippen LogP contribution in [0.5, 0.6) is 0 Å². The summed E-state index contributed by atoms with van der Waals surface area (Å²) < 4.78 is 5.11. The largest absolute Gasteiger partial charge is 0.393 e. The van der Waals surface area contributed by atoms with E-state index >= 15 is 0 Å². The number of rotatable bonds is 0. The smallest absolute Gasteiger partial charge is 0.318 e. The summed E-state index contributed by atoms with van der Waals surface area (Å²) in [5.74, 6) is -0.583. The van der Waals surface area contributed by atoms with Crippen molar-refractivity contribution in [1.29, 1.82) is 0 Å². The molecular formula is C21H20O3. The molecule has 0 amide bonds. The van der Waals surface area contributed by atoms with Gasteiger partial charge in [0.05, 0.1) is 11.8 Å². The second-order valence-corrected chi connectivity index (χ2v) is 7.61. The molecule has 1 aliphatic heterocycles. The quantitative estimate of drug-likeness (QED) is 0.417. The molecule has 0 radical (unpaired) electrons. The molecule has 1 heterocycles. The molecule has 1 fully saturated rings. The van der Waals surface area contributed by atoms with Crippen molar-refractivity contribution in [2.24, 2.45) is 29.6 Å². The molecule has 3 heteroatoms. The second kappa shape index (κ2) is 4.92. The van der Waals surface area contributed by atoms with E-state index in [4.69, 9.17) is 4.74 Å². The summed E-state index contributed by atoms with van der Waals surface area (Å²) in [4.78, 5) is 24.9. The first-order valence-corrected chi connectivity index (χ1v) is 8.88. The normalized spacial score (nSPS) is 36.6. The molecule has 0 N–H and O–H groups in total. The maximum Gasteiger partial charge on any atom is 0.318 e. The highest BCUT2D eigenvalue weighted by molar-refractivity contribution is 6.00. The number of carbonyl (C=O) groups excluding carboxylic acids is 2. The van der Waals surface area contributed by atoms with Gasteiger partial charge in [0.25, 0.3) is 0 Å². The molecule has 5 rings (SSSR count). The van der Waals surface area contributed by atoms with Crippen LogP contribution < -0.4 is 0 Å². The van der Waals surface area contributed by atoms with E-state index in [9.17, 15) is 9.59 Å². The zero-order chi connectivity index (χ0) is 16.4. The van der Waals surface area contributed by atoms with Crippen LogP contribution in [-0.2, 0) is 20.7 Å². The van der Waals surface area contributed by atoms with Crippen LogP contribution in [-0.4, -0.2) is 11.9 Å². The van der Waals surface area contributed by atoms with E-state index in [1.807, 2.05) is 0 Å². The Morgan fingerprint density at radius 3 is 2.67 bits per heavy atom. The van der Waals surface area contributed by atoms with Crippen molar-refractivity contribution in [3.05, 3.63) is 53.1 Å². The van der Waals surface area contributed by atoms with Gasteiger partial charge in [-0.1, -0.05) is 48.9 Å². The van der Waals surface area contributed by atoms with Gasteiger partial charge >= 0.3 is 11.9 Å². The Balaban J connectivity index is 1.79. The maximum absolute atomic E-state index is 12.5. The summed E-state index contributed by atoms with van der Waals surface area (Å²) in [5.41, 5.74) is 5.37. The molecule has 1 aromatic rings. The standard InChI is InChI=1S/C21H20O3/c1-11-10-12-6-2-3-7-13(12)17-14-8-4-5-9-15(14)18-19(16(11)17)21(23)24-20(18)22/h2-7,11,15-16,18-19H,8-10H2,1H3/t11-,15-,16-,18+,19+/m0/s1. The number of benzene rings is 1. The summed E-state index contributed by atoms with van der Waals surface area (Å²) in [6.07, 6.45) is 7.05. The van der Waals surface area contributed by atoms with Crippen molar-refractivity contribution in [3.8, 4) is 0 Å². The van der Waals surface area contributed by atoms with E-state index in [2.05, 4.69) is 43.3 Å². The van der Waals surface area contributed by atoms with Crippen LogP contribution in [0.25, 0.3) is 5.57 Å². The molecule has 0 unspecified atom stereocenters. The summed E-state index contributed by atoms with van der Waals surface area (Å²) >= 11 is 0. The van der Waals surface area contributed by atoms with Gasteiger partial charge in [-0.3, -0.25) is 9.59 Å². The second-order valence-electron chi connectivity index (χ2n) is 7.61. The van der Waals surface area contributed by atoms with Crippen molar-refractivity contribution in [2.45, 2.75) is 26.2 Å². The lowest BCUT2D eigenvalue weighted by atomic mass is 9.55. The van der Waals surface area contributed by atoms with Crippen LogP contribution in [0.4, 0.5) is 0 Å². The van der Waals surface area contributed by atoms with E-state index in [-0.39, 0.29) is 35.6 Å². The lowest BCUT2D eigenvalue weighted by Gasteiger charge is -2.46. The van der Waals surface area contributed by atoms with Crippen LogP contribution >= 0.6 is 0 Å². The van der Waals surface area contributed by atoms with E-state index in [1.165, 1.54) is 22.3 Å². The SMILES string of the molecule is C[C@H]1Cc2ccccc2C2=C3CC=CC[C@@H]3[C@H]3C(=O)OC(=O)[C@@H]3[C@H]21. The van der Waals surface area contributed by atoms with Gasteiger partial charge in [-0.2, -0.15) is 0 Å². The van der Waals surface area contributed by atoms with Gasteiger partial charge in [0.1, 0.15) is 0 Å². The molecule has 4 aliphatic rings. The zero-order valence-corrected chi connectivity index (χ0v) is 13.7. The average molecular weight is 320 g/mol. The highest BCUT2D eigenvalue weighted by Gasteiger charge is 2.58. The number of hydrogen-bond acceptors (Lipinski definition) is 3. The molecule has 0 aromatic heterocycles. The third kappa shape index (κ3) is 1.73. The molecule has 3 nitrogen and oxygen atoms in total. The van der Waals surface area contributed by atoms with Crippen molar-refractivity contribution in [3.63, 3.8) is 0 Å². The Morgan fingerprint density at radius 1 is 1.00 bits per heavy atom. The first kappa shape index (κ1) is 14.2. The Bertz CT molecular complexity index is 816. The van der Waals surface area contributed by atoms with Crippen molar-refractivity contribution in [2.75, 3.05) is 0 Å². The van der Waals surface area contributed by atoms with Gasteiger partial charge < -0.3 is 4.74 Å². The monoisotopic (exact) mass is 320 g/mol. The summed E-state index contributed by atoms with van der Waals surface area (Å²) in [7, 11) is 0. The molecule has 5 atom stereocenters.